The predicted octanol–water partition coefficient (Wildman–Crippen LogP) is 8.38. The van der Waals surface area contributed by atoms with Crippen molar-refractivity contribution in [2.24, 2.45) is 0 Å². The zero-order valence-corrected chi connectivity index (χ0v) is 20.5. The number of hydrogen-bond donors (Lipinski definition) is 0. The van der Waals surface area contributed by atoms with Crippen LogP contribution in [0.15, 0.2) is 109 Å². The Hall–Kier alpha value is -3.10. The highest BCUT2D eigenvalue weighted by Gasteiger charge is 2.31. The van der Waals surface area contributed by atoms with Gasteiger partial charge in [-0.25, -0.2) is 0 Å². The van der Waals surface area contributed by atoms with Gasteiger partial charge in [0, 0.05) is 4.57 Å². The van der Waals surface area contributed by atoms with E-state index in [2.05, 4.69) is 36.4 Å². The van der Waals surface area contributed by atoms with Gasteiger partial charge in [-0.3, -0.25) is 0 Å². The summed E-state index contributed by atoms with van der Waals surface area (Å²) >= 11 is 0. The third kappa shape index (κ3) is 6.48. The van der Waals surface area contributed by atoms with E-state index in [4.69, 9.17) is 9.05 Å². The average Bonchev–Trinajstić information content (AvgIpc) is 2.86. The van der Waals surface area contributed by atoms with Crippen molar-refractivity contribution in [1.29, 1.82) is 0 Å². The number of rotatable bonds is 10. The van der Waals surface area contributed by atoms with Crippen LogP contribution in [0.1, 0.15) is 59.4 Å². The first-order chi connectivity index (χ1) is 16.6. The lowest BCUT2D eigenvalue weighted by atomic mass is 9.97. The molecule has 2 unspecified atom stereocenters. The van der Waals surface area contributed by atoms with Crippen LogP contribution in [0, 0.1) is 0 Å². The molecule has 4 aromatic rings. The van der Waals surface area contributed by atoms with Gasteiger partial charge in [-0.1, -0.05) is 109 Å². The van der Waals surface area contributed by atoms with Crippen LogP contribution in [0.3, 0.4) is 0 Å². The van der Waals surface area contributed by atoms with Gasteiger partial charge in [0.1, 0.15) is 12.2 Å². The summed E-state index contributed by atoms with van der Waals surface area (Å²) in [5.74, 6) is 0. The molecule has 2 atom stereocenters. The Morgan fingerprint density at radius 1 is 0.559 bits per heavy atom. The van der Waals surface area contributed by atoms with Crippen LogP contribution in [0.5, 0.6) is 0 Å². The molecule has 0 radical (unpaired) electrons. The highest BCUT2D eigenvalue weighted by atomic mass is 31.1. The van der Waals surface area contributed by atoms with Crippen LogP contribution >= 0.6 is 8.25 Å². The van der Waals surface area contributed by atoms with Crippen LogP contribution in [0.4, 0.5) is 0 Å². The summed E-state index contributed by atoms with van der Waals surface area (Å²) in [6, 6.07) is 36.9. The quantitative estimate of drug-likeness (QED) is 0.219. The van der Waals surface area contributed by atoms with E-state index < -0.39 is 8.25 Å². The van der Waals surface area contributed by atoms with E-state index in [-0.39, 0.29) is 12.2 Å². The molecular weight excluding hydrogens is 439 g/mol. The van der Waals surface area contributed by atoms with Gasteiger partial charge < -0.3 is 0 Å². The molecule has 0 aliphatic heterocycles. The van der Waals surface area contributed by atoms with E-state index in [0.29, 0.717) is 0 Å². The normalized spacial score (nSPS) is 13.3. The lowest BCUT2D eigenvalue weighted by Crippen LogP contribution is -2.04. The Morgan fingerprint density at radius 3 is 1.32 bits per heavy atom. The molecule has 0 heterocycles. The van der Waals surface area contributed by atoms with E-state index in [1.165, 1.54) is 11.1 Å². The molecule has 0 aromatic heterocycles. The Morgan fingerprint density at radius 2 is 0.912 bits per heavy atom. The molecule has 0 bridgehead atoms. The summed E-state index contributed by atoms with van der Waals surface area (Å²) in [5.41, 5.74) is 6.82. The lowest BCUT2D eigenvalue weighted by molar-refractivity contribution is 0.145. The van der Waals surface area contributed by atoms with Gasteiger partial charge >= 0.3 is 8.25 Å². The van der Waals surface area contributed by atoms with Crippen molar-refractivity contribution in [3.63, 3.8) is 0 Å². The van der Waals surface area contributed by atoms with Gasteiger partial charge in [0.15, 0.2) is 0 Å². The summed E-state index contributed by atoms with van der Waals surface area (Å²) in [7, 11) is -2.30. The summed E-state index contributed by atoms with van der Waals surface area (Å²) in [4.78, 5) is 0. The molecule has 0 aliphatic rings. The minimum Gasteiger partial charge on any atom is -0.111 e. The van der Waals surface area contributed by atoms with E-state index in [9.17, 15) is 4.57 Å². The lowest BCUT2D eigenvalue weighted by Gasteiger charge is -2.14. The second-order valence-electron chi connectivity index (χ2n) is 8.44. The van der Waals surface area contributed by atoms with Crippen LogP contribution in [-0.4, -0.2) is 0 Å². The second-order valence-corrected chi connectivity index (χ2v) is 9.31. The van der Waals surface area contributed by atoms with Crippen LogP contribution < -0.4 is 0 Å². The fraction of sp³-hybridized carbons (Fsp3) is 0.200. The van der Waals surface area contributed by atoms with E-state index in [1.807, 2.05) is 86.6 Å². The number of benzene rings is 4. The molecule has 0 amide bonds. The summed E-state index contributed by atoms with van der Waals surface area (Å²) < 4.78 is 24.6. The fourth-order valence-electron chi connectivity index (χ4n) is 4.21. The first-order valence-electron chi connectivity index (χ1n) is 11.6. The second kappa shape index (κ2) is 11.9. The Balaban J connectivity index is 1.42. The minimum atomic E-state index is -2.30. The molecule has 0 saturated heterocycles. The monoisotopic (exact) mass is 469 g/mol. The predicted molar refractivity (Wildman–Crippen MR) is 138 cm³/mol. The SMILES string of the molecule is CC(O[P+](=O)OC(C)c1ccccc1Cc1ccccc1)c1ccccc1Cc1ccccc1. The molecule has 0 saturated carbocycles. The molecule has 3 nitrogen and oxygen atoms in total. The Kier molecular flexibility index (Phi) is 8.38. The standard InChI is InChI=1S/C30H30O3P/c1-23(29-19-11-9-17-27(29)21-25-13-5-3-6-14-25)32-34(31)33-24(2)30-20-12-10-18-28(30)22-26-15-7-4-8-16-26/h3-20,23-24H,21-22H2,1-2H3/q+1. The van der Waals surface area contributed by atoms with E-state index in [0.717, 1.165) is 35.1 Å². The molecule has 0 aliphatic carbocycles. The zero-order chi connectivity index (χ0) is 23.8. The molecular formula is C30H30O3P+. The van der Waals surface area contributed by atoms with Crippen molar-refractivity contribution < 1.29 is 13.6 Å². The molecule has 0 N–H and O–H groups in total. The first-order valence-corrected chi connectivity index (χ1v) is 12.7. The molecule has 4 heteroatoms. The van der Waals surface area contributed by atoms with Crippen LogP contribution in [-0.2, 0) is 26.5 Å². The Bertz CT molecular complexity index is 1110. The maximum atomic E-state index is 12.9. The highest BCUT2D eigenvalue weighted by Crippen LogP contribution is 2.39. The van der Waals surface area contributed by atoms with Crippen molar-refractivity contribution in [2.75, 3.05) is 0 Å². The maximum absolute atomic E-state index is 12.9. The number of hydrogen-bond acceptors (Lipinski definition) is 3. The zero-order valence-electron chi connectivity index (χ0n) is 19.6. The van der Waals surface area contributed by atoms with E-state index in [1.54, 1.807) is 0 Å². The largest absolute Gasteiger partial charge is 0.698 e. The van der Waals surface area contributed by atoms with Gasteiger partial charge in [0.2, 0.25) is 0 Å². The van der Waals surface area contributed by atoms with Gasteiger partial charge in [-0.05, 0) is 60.1 Å². The van der Waals surface area contributed by atoms with Crippen molar-refractivity contribution in [3.8, 4) is 0 Å². The molecule has 4 rings (SSSR count). The average molecular weight is 470 g/mol. The third-order valence-electron chi connectivity index (χ3n) is 5.95. The van der Waals surface area contributed by atoms with Gasteiger partial charge in [0.05, 0.1) is 0 Å². The maximum Gasteiger partial charge on any atom is 0.698 e. The molecule has 172 valence electrons. The molecule has 34 heavy (non-hydrogen) atoms. The molecule has 0 fully saturated rings. The molecule has 0 spiro atoms. The third-order valence-corrected chi connectivity index (χ3v) is 6.93. The van der Waals surface area contributed by atoms with Gasteiger partial charge in [-0.2, -0.15) is 0 Å². The summed E-state index contributed by atoms with van der Waals surface area (Å²) in [5, 5.41) is 0. The van der Waals surface area contributed by atoms with Crippen molar-refractivity contribution in [3.05, 3.63) is 143 Å². The van der Waals surface area contributed by atoms with Crippen molar-refractivity contribution >= 4 is 8.25 Å². The van der Waals surface area contributed by atoms with Gasteiger partial charge in [-0.15, -0.1) is 9.05 Å². The van der Waals surface area contributed by atoms with Crippen LogP contribution in [0.25, 0.3) is 0 Å². The van der Waals surface area contributed by atoms with Crippen molar-refractivity contribution in [1.82, 2.24) is 0 Å². The highest BCUT2D eigenvalue weighted by molar-refractivity contribution is 7.33. The van der Waals surface area contributed by atoms with Crippen molar-refractivity contribution in [2.45, 2.75) is 38.9 Å². The topological polar surface area (TPSA) is 35.5 Å². The first kappa shape index (κ1) is 24.0. The smallest absolute Gasteiger partial charge is 0.111 e. The summed E-state index contributed by atoms with van der Waals surface area (Å²) in [6.45, 7) is 3.85. The van der Waals surface area contributed by atoms with Gasteiger partial charge in [0.25, 0.3) is 0 Å². The van der Waals surface area contributed by atoms with E-state index >= 15 is 0 Å². The minimum absolute atomic E-state index is 0.352. The Labute approximate surface area is 203 Å². The fourth-order valence-corrected chi connectivity index (χ4v) is 5.00. The summed E-state index contributed by atoms with van der Waals surface area (Å²) in [6.07, 6.45) is 0.891. The molecule has 4 aromatic carbocycles. The van der Waals surface area contributed by atoms with Crippen LogP contribution in [0.2, 0.25) is 0 Å².